The van der Waals surface area contributed by atoms with Crippen LogP contribution in [-0.4, -0.2) is 43.4 Å². The van der Waals surface area contributed by atoms with E-state index in [9.17, 15) is 4.79 Å². The van der Waals surface area contributed by atoms with Crippen molar-refractivity contribution in [2.24, 2.45) is 5.73 Å². The molecule has 10 heteroatoms. The molecule has 152 valence electrons. The highest BCUT2D eigenvalue weighted by molar-refractivity contribution is 5.83. The number of aromatic amines is 1. The molecule has 1 fully saturated rings. The molecule has 0 saturated heterocycles. The molecule has 2 unspecified atom stereocenters. The largest absolute Gasteiger partial charge is 0.427 e. The van der Waals surface area contributed by atoms with Crippen molar-refractivity contribution in [2.45, 2.75) is 51.2 Å². The van der Waals surface area contributed by atoms with E-state index < -0.39 is 0 Å². The van der Waals surface area contributed by atoms with Gasteiger partial charge in [0.25, 0.3) is 0 Å². The third-order valence-electron chi connectivity index (χ3n) is 4.94. The summed E-state index contributed by atoms with van der Waals surface area (Å²) in [6.45, 7) is 1.84. The van der Waals surface area contributed by atoms with Crippen LogP contribution in [0.25, 0.3) is 11.2 Å². The Bertz CT molecular complexity index is 1000. The number of nitrogens with zero attached hydrogens (tertiary/aromatic N) is 4. The molecule has 0 radical (unpaired) electrons. The fourth-order valence-corrected chi connectivity index (χ4v) is 3.51. The van der Waals surface area contributed by atoms with Gasteiger partial charge in [0, 0.05) is 25.6 Å². The molecule has 2 atom stereocenters. The average Bonchev–Trinajstić information content (AvgIpc) is 3.16. The first kappa shape index (κ1) is 19.1. The second kappa shape index (κ2) is 8.39. The van der Waals surface area contributed by atoms with Crippen molar-refractivity contribution < 1.29 is 9.53 Å². The number of carbonyl (C=O) groups is 1. The van der Waals surface area contributed by atoms with Crippen LogP contribution >= 0.6 is 0 Å². The number of anilines is 2. The summed E-state index contributed by atoms with van der Waals surface area (Å²) in [4.78, 5) is 20.2. The van der Waals surface area contributed by atoms with Gasteiger partial charge in [-0.15, -0.1) is 5.10 Å². The van der Waals surface area contributed by atoms with Gasteiger partial charge in [-0.2, -0.15) is 20.3 Å². The SMILES string of the molecule is CC(=O)Oc1cccc(CNc2nc(NC3CCCCC3N)nc3n[nH]nc23)c1. The van der Waals surface area contributed by atoms with Crippen molar-refractivity contribution in [1.29, 1.82) is 0 Å². The van der Waals surface area contributed by atoms with E-state index in [2.05, 4.69) is 36.0 Å². The van der Waals surface area contributed by atoms with Crippen LogP contribution in [0.5, 0.6) is 5.75 Å². The summed E-state index contributed by atoms with van der Waals surface area (Å²) in [5.74, 6) is 1.19. The predicted octanol–water partition coefficient (Wildman–Crippen LogP) is 1.97. The number of hydrogen-bond donors (Lipinski definition) is 4. The first-order valence-electron chi connectivity index (χ1n) is 9.70. The van der Waals surface area contributed by atoms with E-state index in [1.165, 1.54) is 6.92 Å². The normalized spacial score (nSPS) is 19.1. The van der Waals surface area contributed by atoms with E-state index in [-0.39, 0.29) is 18.1 Å². The minimum Gasteiger partial charge on any atom is -0.427 e. The molecule has 0 spiro atoms. The summed E-state index contributed by atoms with van der Waals surface area (Å²) in [6, 6.07) is 7.53. The van der Waals surface area contributed by atoms with Gasteiger partial charge in [0.2, 0.25) is 11.6 Å². The molecule has 2 heterocycles. The number of rotatable bonds is 6. The zero-order valence-electron chi connectivity index (χ0n) is 16.2. The predicted molar refractivity (Wildman–Crippen MR) is 108 cm³/mol. The van der Waals surface area contributed by atoms with Crippen LogP contribution in [-0.2, 0) is 11.3 Å². The maximum absolute atomic E-state index is 11.2. The van der Waals surface area contributed by atoms with Crippen LogP contribution in [0.2, 0.25) is 0 Å². The Labute approximate surface area is 167 Å². The average molecular weight is 396 g/mol. The molecular weight excluding hydrogens is 372 g/mol. The van der Waals surface area contributed by atoms with E-state index >= 15 is 0 Å². The second-order valence-electron chi connectivity index (χ2n) is 7.19. The fraction of sp³-hybridized carbons (Fsp3) is 0.421. The lowest BCUT2D eigenvalue weighted by Gasteiger charge is -2.29. The lowest BCUT2D eigenvalue weighted by Crippen LogP contribution is -2.43. The van der Waals surface area contributed by atoms with Crippen molar-refractivity contribution in [3.63, 3.8) is 0 Å². The monoisotopic (exact) mass is 396 g/mol. The number of aromatic nitrogens is 5. The Morgan fingerprint density at radius 2 is 2.14 bits per heavy atom. The summed E-state index contributed by atoms with van der Waals surface area (Å²) >= 11 is 0. The van der Waals surface area contributed by atoms with Crippen molar-refractivity contribution in [3.8, 4) is 5.75 Å². The maximum atomic E-state index is 11.2. The van der Waals surface area contributed by atoms with Gasteiger partial charge in [0.15, 0.2) is 11.3 Å². The van der Waals surface area contributed by atoms with Gasteiger partial charge >= 0.3 is 5.97 Å². The van der Waals surface area contributed by atoms with Crippen LogP contribution < -0.4 is 21.1 Å². The number of nitrogens with one attached hydrogen (secondary N) is 3. The highest BCUT2D eigenvalue weighted by Gasteiger charge is 2.23. The second-order valence-corrected chi connectivity index (χ2v) is 7.19. The minimum atomic E-state index is -0.355. The number of ether oxygens (including phenoxy) is 1. The van der Waals surface area contributed by atoms with Crippen LogP contribution in [0.4, 0.5) is 11.8 Å². The Hall–Kier alpha value is -3.27. The van der Waals surface area contributed by atoms with E-state index in [0.29, 0.717) is 35.2 Å². The maximum Gasteiger partial charge on any atom is 0.308 e. The van der Waals surface area contributed by atoms with Gasteiger partial charge in [0.1, 0.15) is 5.75 Å². The van der Waals surface area contributed by atoms with Gasteiger partial charge in [0.05, 0.1) is 0 Å². The quantitative estimate of drug-likeness (QED) is 0.363. The zero-order valence-corrected chi connectivity index (χ0v) is 16.2. The topological polar surface area (TPSA) is 144 Å². The Kier molecular flexibility index (Phi) is 5.52. The minimum absolute atomic E-state index is 0.0841. The molecule has 0 bridgehead atoms. The third-order valence-corrected chi connectivity index (χ3v) is 4.94. The molecule has 2 aromatic heterocycles. The molecule has 0 amide bonds. The van der Waals surface area contributed by atoms with Crippen LogP contribution in [0.15, 0.2) is 24.3 Å². The number of nitrogens with two attached hydrogens (primary N) is 1. The van der Waals surface area contributed by atoms with Gasteiger partial charge in [-0.05, 0) is 30.5 Å². The van der Waals surface area contributed by atoms with E-state index in [4.69, 9.17) is 10.5 Å². The third kappa shape index (κ3) is 4.60. The van der Waals surface area contributed by atoms with Crippen molar-refractivity contribution >= 4 is 28.9 Å². The van der Waals surface area contributed by atoms with Crippen LogP contribution in [0.1, 0.15) is 38.2 Å². The summed E-state index contributed by atoms with van der Waals surface area (Å²) in [7, 11) is 0. The summed E-state index contributed by atoms with van der Waals surface area (Å²) in [6.07, 6.45) is 4.28. The standard InChI is InChI=1S/C19H24N8O2/c1-11(28)29-13-6-4-5-12(9-13)10-21-17-16-18(26-27-25-16)24-19(23-17)22-15-8-3-2-7-14(15)20/h4-6,9,14-15H,2-3,7-8,10,20H2,1H3,(H3,21,22,23,24,25,26,27). The molecular formula is C19H24N8O2. The Morgan fingerprint density at radius 1 is 1.28 bits per heavy atom. The molecule has 3 aromatic rings. The fourth-order valence-electron chi connectivity index (χ4n) is 3.51. The first-order chi connectivity index (χ1) is 14.1. The molecule has 1 aromatic carbocycles. The van der Waals surface area contributed by atoms with E-state index in [0.717, 1.165) is 31.2 Å². The van der Waals surface area contributed by atoms with Gasteiger partial charge in [-0.25, -0.2) is 0 Å². The molecule has 10 nitrogen and oxygen atoms in total. The number of H-pyrrole nitrogens is 1. The number of hydrogen-bond acceptors (Lipinski definition) is 9. The molecule has 1 aliphatic rings. The van der Waals surface area contributed by atoms with Gasteiger partial charge in [-0.1, -0.05) is 25.0 Å². The Morgan fingerprint density at radius 3 is 2.97 bits per heavy atom. The zero-order chi connectivity index (χ0) is 20.2. The Balaban J connectivity index is 1.52. The van der Waals surface area contributed by atoms with E-state index in [1.807, 2.05) is 12.1 Å². The van der Waals surface area contributed by atoms with Crippen molar-refractivity contribution in [1.82, 2.24) is 25.4 Å². The number of esters is 1. The smallest absolute Gasteiger partial charge is 0.308 e. The van der Waals surface area contributed by atoms with Crippen molar-refractivity contribution in [3.05, 3.63) is 29.8 Å². The van der Waals surface area contributed by atoms with Crippen LogP contribution in [0.3, 0.4) is 0 Å². The van der Waals surface area contributed by atoms with Gasteiger partial charge < -0.3 is 21.1 Å². The highest BCUT2D eigenvalue weighted by atomic mass is 16.5. The molecule has 29 heavy (non-hydrogen) atoms. The van der Waals surface area contributed by atoms with Gasteiger partial charge in [-0.3, -0.25) is 4.79 Å². The highest BCUT2D eigenvalue weighted by Crippen LogP contribution is 2.23. The summed E-state index contributed by atoms with van der Waals surface area (Å²) in [5.41, 5.74) is 8.20. The van der Waals surface area contributed by atoms with E-state index in [1.54, 1.807) is 12.1 Å². The lowest BCUT2D eigenvalue weighted by molar-refractivity contribution is -0.131. The van der Waals surface area contributed by atoms with Crippen LogP contribution in [0, 0.1) is 0 Å². The number of carbonyl (C=O) groups excluding carboxylic acids is 1. The van der Waals surface area contributed by atoms with Crippen molar-refractivity contribution in [2.75, 3.05) is 10.6 Å². The summed E-state index contributed by atoms with van der Waals surface area (Å²) in [5, 5.41) is 17.5. The number of fused-ring (bicyclic) bond motifs is 1. The lowest BCUT2D eigenvalue weighted by atomic mass is 9.91. The molecule has 0 aliphatic heterocycles. The summed E-state index contributed by atoms with van der Waals surface area (Å²) < 4.78 is 5.14. The first-order valence-corrected chi connectivity index (χ1v) is 9.70. The molecule has 5 N–H and O–H groups in total. The molecule has 4 rings (SSSR count). The number of benzene rings is 1. The molecule has 1 saturated carbocycles. The molecule has 1 aliphatic carbocycles.